The van der Waals surface area contributed by atoms with E-state index < -0.39 is 0 Å². The molecule has 1 aromatic rings. The van der Waals surface area contributed by atoms with Crippen LogP contribution >= 0.6 is 11.8 Å². The van der Waals surface area contributed by atoms with Gasteiger partial charge >= 0.3 is 5.97 Å². The third kappa shape index (κ3) is 2.65. The Balaban J connectivity index is 1.87. The van der Waals surface area contributed by atoms with E-state index in [-0.39, 0.29) is 11.9 Å². The van der Waals surface area contributed by atoms with Gasteiger partial charge in [-0.1, -0.05) is 0 Å². The molecule has 0 unspecified atom stereocenters. The molecule has 1 aliphatic heterocycles. The summed E-state index contributed by atoms with van der Waals surface area (Å²) in [5.41, 5.74) is 6.35. The molecule has 0 saturated carbocycles. The molecule has 1 aromatic carbocycles. The number of carbonyl (C=O) groups is 1. The molecule has 2 N–H and O–H groups in total. The van der Waals surface area contributed by atoms with E-state index in [2.05, 4.69) is 0 Å². The molecular weight excluding hydrogens is 210 g/mol. The van der Waals surface area contributed by atoms with Gasteiger partial charge in [0.15, 0.2) is 0 Å². The molecule has 0 radical (unpaired) electrons. The highest BCUT2D eigenvalue weighted by Gasteiger charge is 2.26. The monoisotopic (exact) mass is 223 g/mol. The number of cyclic esters (lactones) is 1. The number of hydrogen-bond donors (Lipinski definition) is 1. The summed E-state index contributed by atoms with van der Waals surface area (Å²) >= 11 is 1.67. The van der Waals surface area contributed by atoms with Gasteiger partial charge in [0.1, 0.15) is 0 Å². The lowest BCUT2D eigenvalue weighted by Gasteiger charge is -2.05. The fraction of sp³-hybridized carbons (Fsp3) is 0.364. The van der Waals surface area contributed by atoms with Gasteiger partial charge in [0.2, 0.25) is 0 Å². The molecule has 1 aliphatic rings. The normalized spacial score (nSPS) is 20.3. The van der Waals surface area contributed by atoms with Gasteiger partial charge in [-0.3, -0.25) is 4.79 Å². The molecule has 0 aliphatic carbocycles. The predicted octanol–water partition coefficient (Wildman–Crippen LogP) is 1.92. The largest absolute Gasteiger partial charge is 0.465 e. The maximum atomic E-state index is 11.2. The number of thioether (sulfide) groups is 1. The molecule has 80 valence electrons. The summed E-state index contributed by atoms with van der Waals surface area (Å²) in [6.45, 7) is 0.575. The second-order valence-corrected chi connectivity index (χ2v) is 4.63. The number of ether oxygens (including phenoxy) is 1. The van der Waals surface area contributed by atoms with Crippen molar-refractivity contribution in [3.63, 3.8) is 0 Å². The molecule has 2 rings (SSSR count). The zero-order chi connectivity index (χ0) is 10.7. The summed E-state index contributed by atoms with van der Waals surface area (Å²) in [6.07, 6.45) is 0.848. The van der Waals surface area contributed by atoms with Gasteiger partial charge in [-0.05, 0) is 30.7 Å². The van der Waals surface area contributed by atoms with E-state index in [1.807, 2.05) is 24.3 Å². The van der Waals surface area contributed by atoms with Crippen LogP contribution < -0.4 is 5.73 Å². The molecule has 0 spiro atoms. The van der Waals surface area contributed by atoms with E-state index in [4.69, 9.17) is 10.5 Å². The molecule has 1 heterocycles. The van der Waals surface area contributed by atoms with E-state index in [1.165, 1.54) is 0 Å². The third-order valence-electron chi connectivity index (χ3n) is 2.38. The third-order valence-corrected chi connectivity index (χ3v) is 3.55. The van der Waals surface area contributed by atoms with E-state index in [0.29, 0.717) is 6.61 Å². The molecule has 0 amide bonds. The summed E-state index contributed by atoms with van der Waals surface area (Å²) in [7, 11) is 0. The fourth-order valence-electron chi connectivity index (χ4n) is 1.45. The second-order valence-electron chi connectivity index (χ2n) is 3.53. The van der Waals surface area contributed by atoms with Crippen molar-refractivity contribution in [3.8, 4) is 0 Å². The van der Waals surface area contributed by atoms with Gasteiger partial charge in [-0.2, -0.15) is 0 Å². The minimum absolute atomic E-state index is 0.0575. The summed E-state index contributed by atoms with van der Waals surface area (Å²) in [5.74, 6) is 0.799. The minimum Gasteiger partial charge on any atom is -0.465 e. The van der Waals surface area contributed by atoms with Crippen LogP contribution in [0.1, 0.15) is 6.42 Å². The van der Waals surface area contributed by atoms with Gasteiger partial charge in [0, 0.05) is 16.3 Å². The lowest BCUT2D eigenvalue weighted by Crippen LogP contribution is -2.09. The van der Waals surface area contributed by atoms with Crippen molar-refractivity contribution in [2.24, 2.45) is 5.92 Å². The molecule has 1 saturated heterocycles. The van der Waals surface area contributed by atoms with Crippen LogP contribution in [0.15, 0.2) is 29.2 Å². The van der Waals surface area contributed by atoms with Crippen LogP contribution in [0.4, 0.5) is 5.69 Å². The Kier molecular flexibility index (Phi) is 3.16. The first-order chi connectivity index (χ1) is 7.25. The minimum atomic E-state index is -0.0575. The first kappa shape index (κ1) is 10.4. The van der Waals surface area contributed by atoms with Gasteiger partial charge in [0.05, 0.1) is 12.5 Å². The molecule has 0 aromatic heterocycles. The van der Waals surface area contributed by atoms with Crippen LogP contribution in [0, 0.1) is 5.92 Å². The standard InChI is InChI=1S/C11H13NO2S/c12-9-1-3-10(4-2-9)15-7-8-5-6-14-11(8)13/h1-4,8H,5-7,12H2/t8-/m0/s1. The number of esters is 1. The number of benzene rings is 1. The van der Waals surface area contributed by atoms with Crippen molar-refractivity contribution < 1.29 is 9.53 Å². The lowest BCUT2D eigenvalue weighted by atomic mass is 10.1. The zero-order valence-corrected chi connectivity index (χ0v) is 9.13. The topological polar surface area (TPSA) is 52.3 Å². The van der Waals surface area contributed by atoms with Crippen LogP contribution in [-0.2, 0) is 9.53 Å². The predicted molar refractivity (Wildman–Crippen MR) is 60.6 cm³/mol. The summed E-state index contributed by atoms with van der Waals surface area (Å²) in [5, 5.41) is 0. The van der Waals surface area contributed by atoms with E-state index in [9.17, 15) is 4.79 Å². The van der Waals surface area contributed by atoms with Crippen molar-refractivity contribution in [3.05, 3.63) is 24.3 Å². The Morgan fingerprint density at radius 2 is 2.13 bits per heavy atom. The summed E-state index contributed by atoms with van der Waals surface area (Å²) in [4.78, 5) is 12.3. The number of rotatable bonds is 3. The van der Waals surface area contributed by atoms with Gasteiger partial charge in [-0.25, -0.2) is 0 Å². The van der Waals surface area contributed by atoms with Crippen molar-refractivity contribution >= 4 is 23.4 Å². The molecule has 15 heavy (non-hydrogen) atoms. The SMILES string of the molecule is Nc1ccc(SC[C@@H]2CCOC2=O)cc1. The smallest absolute Gasteiger partial charge is 0.309 e. The van der Waals surface area contributed by atoms with Crippen molar-refractivity contribution in [2.75, 3.05) is 18.1 Å². The quantitative estimate of drug-likeness (QED) is 0.483. The van der Waals surface area contributed by atoms with E-state index in [1.54, 1.807) is 11.8 Å². The number of nitrogens with two attached hydrogens (primary N) is 1. The van der Waals surface area contributed by atoms with Crippen molar-refractivity contribution in [2.45, 2.75) is 11.3 Å². The van der Waals surface area contributed by atoms with Gasteiger partial charge in [0.25, 0.3) is 0 Å². The van der Waals surface area contributed by atoms with Crippen molar-refractivity contribution in [1.29, 1.82) is 0 Å². The number of anilines is 1. The lowest BCUT2D eigenvalue weighted by molar-refractivity contribution is -0.140. The zero-order valence-electron chi connectivity index (χ0n) is 8.31. The van der Waals surface area contributed by atoms with E-state index >= 15 is 0 Å². The van der Waals surface area contributed by atoms with Crippen LogP contribution in [-0.4, -0.2) is 18.3 Å². The molecular formula is C11H13NO2S. The average molecular weight is 223 g/mol. The fourth-order valence-corrected chi connectivity index (χ4v) is 2.47. The summed E-state index contributed by atoms with van der Waals surface area (Å²) < 4.78 is 4.90. The number of hydrogen-bond acceptors (Lipinski definition) is 4. The maximum Gasteiger partial charge on any atom is 0.309 e. The molecule has 1 fully saturated rings. The first-order valence-corrected chi connectivity index (χ1v) is 5.89. The number of nitrogen functional groups attached to an aromatic ring is 1. The Hall–Kier alpha value is -1.16. The Bertz CT molecular complexity index is 350. The highest BCUT2D eigenvalue weighted by molar-refractivity contribution is 7.99. The Morgan fingerprint density at radius 1 is 1.40 bits per heavy atom. The highest BCUT2D eigenvalue weighted by atomic mass is 32.2. The number of carbonyl (C=O) groups excluding carboxylic acids is 1. The van der Waals surface area contributed by atoms with Gasteiger partial charge < -0.3 is 10.5 Å². The van der Waals surface area contributed by atoms with Crippen LogP contribution in [0.2, 0.25) is 0 Å². The molecule has 4 heteroatoms. The maximum absolute atomic E-state index is 11.2. The Morgan fingerprint density at radius 3 is 2.73 bits per heavy atom. The Labute approximate surface area is 93.0 Å². The van der Waals surface area contributed by atoms with E-state index in [0.717, 1.165) is 22.8 Å². The summed E-state index contributed by atoms with van der Waals surface area (Å²) in [6, 6.07) is 7.69. The molecule has 1 atom stereocenters. The highest BCUT2D eigenvalue weighted by Crippen LogP contribution is 2.25. The first-order valence-electron chi connectivity index (χ1n) is 4.90. The molecule has 3 nitrogen and oxygen atoms in total. The molecule has 0 bridgehead atoms. The van der Waals surface area contributed by atoms with Crippen LogP contribution in [0.5, 0.6) is 0 Å². The average Bonchev–Trinajstić information content (AvgIpc) is 2.63. The second kappa shape index (κ2) is 4.57. The van der Waals surface area contributed by atoms with Gasteiger partial charge in [-0.15, -0.1) is 11.8 Å². The van der Waals surface area contributed by atoms with Crippen LogP contribution in [0.25, 0.3) is 0 Å². The van der Waals surface area contributed by atoms with Crippen molar-refractivity contribution in [1.82, 2.24) is 0 Å². The van der Waals surface area contributed by atoms with Crippen LogP contribution in [0.3, 0.4) is 0 Å².